The van der Waals surface area contributed by atoms with Crippen molar-refractivity contribution in [1.29, 1.82) is 0 Å². The summed E-state index contributed by atoms with van der Waals surface area (Å²) in [4.78, 5) is 21.3. The summed E-state index contributed by atoms with van der Waals surface area (Å²) in [5, 5.41) is 2.89. The quantitative estimate of drug-likeness (QED) is 0.562. The van der Waals surface area contributed by atoms with Gasteiger partial charge in [0.05, 0.1) is 10.0 Å². The highest BCUT2D eigenvalue weighted by molar-refractivity contribution is 6.44. The highest BCUT2D eigenvalue weighted by Crippen LogP contribution is 2.35. The second kappa shape index (κ2) is 3.85. The summed E-state index contributed by atoms with van der Waals surface area (Å²) in [5.74, 6) is -0.270. The van der Waals surface area contributed by atoms with Gasteiger partial charge in [0.2, 0.25) is 0 Å². The minimum atomic E-state index is -0.270. The van der Waals surface area contributed by atoms with Crippen molar-refractivity contribution in [3.63, 3.8) is 0 Å². The van der Waals surface area contributed by atoms with Gasteiger partial charge >= 0.3 is 0 Å². The molecule has 0 saturated heterocycles. The molecule has 1 aromatic rings. The third kappa shape index (κ3) is 1.87. The van der Waals surface area contributed by atoms with Crippen molar-refractivity contribution in [1.82, 2.24) is 0 Å². The molecule has 0 bridgehead atoms. The van der Waals surface area contributed by atoms with Gasteiger partial charge in [0.15, 0.2) is 5.78 Å². The zero-order valence-electron chi connectivity index (χ0n) is 6.67. The molecule has 3 nitrogen and oxygen atoms in total. The fourth-order valence-electron chi connectivity index (χ4n) is 0.913. The van der Waals surface area contributed by atoms with Gasteiger partial charge in [-0.05, 0) is 24.2 Å². The van der Waals surface area contributed by atoms with Crippen LogP contribution in [0.2, 0.25) is 10.0 Å². The van der Waals surface area contributed by atoms with Crippen LogP contribution in [0.1, 0.15) is 17.3 Å². The normalized spacial score (nSPS) is 9.77. The molecule has 0 amide bonds. The second-order valence-corrected chi connectivity index (χ2v) is 3.19. The summed E-state index contributed by atoms with van der Waals surface area (Å²) >= 11 is 11.3. The van der Waals surface area contributed by atoms with Crippen molar-refractivity contribution >= 4 is 34.7 Å². The summed E-state index contributed by atoms with van der Waals surface area (Å²) < 4.78 is 0. The van der Waals surface area contributed by atoms with E-state index in [1.54, 1.807) is 0 Å². The fraction of sp³-hybridized carbons (Fsp3) is 0.125. The number of ketones is 1. The molecule has 0 spiro atoms. The topological polar surface area (TPSA) is 46.5 Å². The van der Waals surface area contributed by atoms with E-state index in [9.17, 15) is 9.70 Å². The Kier molecular flexibility index (Phi) is 3.01. The minimum Gasteiger partial charge on any atom is -0.294 e. The summed E-state index contributed by atoms with van der Waals surface area (Å²) in [6.07, 6.45) is 0. The molecule has 68 valence electrons. The monoisotopic (exact) mass is 217 g/mol. The van der Waals surface area contributed by atoms with E-state index in [4.69, 9.17) is 23.2 Å². The maximum Gasteiger partial charge on any atom is 0.162 e. The number of carbonyl (C=O) groups is 1. The molecule has 0 saturated carbocycles. The predicted molar refractivity (Wildman–Crippen MR) is 51.9 cm³/mol. The van der Waals surface area contributed by atoms with Crippen molar-refractivity contribution in [3.8, 4) is 0 Å². The third-order valence-corrected chi connectivity index (χ3v) is 2.33. The molecule has 0 radical (unpaired) electrons. The van der Waals surface area contributed by atoms with Crippen LogP contribution in [0.5, 0.6) is 0 Å². The van der Waals surface area contributed by atoms with Gasteiger partial charge in [-0.3, -0.25) is 4.79 Å². The standard InChI is InChI=1S/C8H5Cl2NO2/c1-4(12)5-2-3-6(9)7(10)8(5)11-13/h2-3H,1H3. The number of nitrogens with zero attached hydrogens (tertiary/aromatic N) is 1. The van der Waals surface area contributed by atoms with Crippen LogP contribution in [-0.2, 0) is 0 Å². The lowest BCUT2D eigenvalue weighted by Gasteiger charge is -2.02. The Bertz CT molecular complexity index is 377. The van der Waals surface area contributed by atoms with Crippen LogP contribution < -0.4 is 0 Å². The highest BCUT2D eigenvalue weighted by atomic mass is 35.5. The van der Waals surface area contributed by atoms with Crippen LogP contribution in [0.4, 0.5) is 5.69 Å². The Morgan fingerprint density at radius 2 is 2.00 bits per heavy atom. The fourth-order valence-corrected chi connectivity index (χ4v) is 1.27. The second-order valence-electron chi connectivity index (χ2n) is 2.41. The molecular weight excluding hydrogens is 213 g/mol. The summed E-state index contributed by atoms with van der Waals surface area (Å²) in [5.41, 5.74) is 0.0890. The van der Waals surface area contributed by atoms with E-state index in [0.717, 1.165) is 0 Å². The van der Waals surface area contributed by atoms with E-state index in [2.05, 4.69) is 5.18 Å². The van der Waals surface area contributed by atoms with Crippen LogP contribution in [0.3, 0.4) is 0 Å². The van der Waals surface area contributed by atoms with Gasteiger partial charge in [-0.25, -0.2) is 0 Å². The number of hydrogen-bond donors (Lipinski definition) is 0. The Hall–Kier alpha value is -0.930. The number of hydrogen-bond acceptors (Lipinski definition) is 3. The molecule has 0 fully saturated rings. The first-order valence-corrected chi connectivity index (χ1v) is 4.15. The molecule has 0 aliphatic carbocycles. The van der Waals surface area contributed by atoms with Gasteiger partial charge in [-0.2, -0.15) is 0 Å². The summed E-state index contributed by atoms with van der Waals surface area (Å²) in [6, 6.07) is 2.88. The molecule has 0 aromatic heterocycles. The number of benzene rings is 1. The highest BCUT2D eigenvalue weighted by Gasteiger charge is 2.14. The SMILES string of the molecule is CC(=O)c1ccc(Cl)c(Cl)c1N=O. The zero-order valence-corrected chi connectivity index (χ0v) is 8.19. The molecule has 0 unspecified atom stereocenters. The Labute approximate surface area is 84.6 Å². The molecule has 0 heterocycles. The van der Waals surface area contributed by atoms with Crippen molar-refractivity contribution in [2.75, 3.05) is 0 Å². The van der Waals surface area contributed by atoms with Crippen LogP contribution in [0, 0.1) is 4.91 Å². The van der Waals surface area contributed by atoms with Crippen LogP contribution in [0.25, 0.3) is 0 Å². The first kappa shape index (κ1) is 10.2. The van der Waals surface area contributed by atoms with Crippen LogP contribution in [-0.4, -0.2) is 5.78 Å². The van der Waals surface area contributed by atoms with Gasteiger partial charge in [0.25, 0.3) is 0 Å². The van der Waals surface area contributed by atoms with E-state index < -0.39 is 0 Å². The molecule has 1 rings (SSSR count). The van der Waals surface area contributed by atoms with Crippen molar-refractivity contribution < 1.29 is 4.79 Å². The van der Waals surface area contributed by atoms with Crippen molar-refractivity contribution in [2.45, 2.75) is 6.92 Å². The maximum atomic E-state index is 11.0. The van der Waals surface area contributed by atoms with E-state index in [0.29, 0.717) is 0 Å². The van der Waals surface area contributed by atoms with Crippen LogP contribution >= 0.6 is 23.2 Å². The van der Waals surface area contributed by atoms with Gasteiger partial charge in [-0.1, -0.05) is 23.2 Å². The smallest absolute Gasteiger partial charge is 0.162 e. The predicted octanol–water partition coefficient (Wildman–Crippen LogP) is 3.59. The van der Waals surface area contributed by atoms with E-state index in [1.165, 1.54) is 19.1 Å². The van der Waals surface area contributed by atoms with Gasteiger partial charge in [-0.15, -0.1) is 4.91 Å². The lowest BCUT2D eigenvalue weighted by atomic mass is 10.1. The van der Waals surface area contributed by atoms with E-state index >= 15 is 0 Å². The Balaban J connectivity index is 3.47. The van der Waals surface area contributed by atoms with Gasteiger partial charge < -0.3 is 0 Å². The molecule has 0 aliphatic rings. The molecule has 0 atom stereocenters. The number of halogens is 2. The Morgan fingerprint density at radius 3 is 2.46 bits per heavy atom. The minimum absolute atomic E-state index is 0.0179. The Morgan fingerprint density at radius 1 is 1.38 bits per heavy atom. The van der Waals surface area contributed by atoms with Gasteiger partial charge in [0.1, 0.15) is 5.69 Å². The van der Waals surface area contributed by atoms with E-state index in [1.807, 2.05) is 0 Å². The summed E-state index contributed by atoms with van der Waals surface area (Å²) in [7, 11) is 0. The molecular formula is C8H5Cl2NO2. The molecule has 1 aromatic carbocycles. The van der Waals surface area contributed by atoms with Crippen molar-refractivity contribution in [3.05, 3.63) is 32.6 Å². The number of nitroso groups, excluding NO2 is 1. The average molecular weight is 218 g/mol. The number of rotatable bonds is 2. The largest absolute Gasteiger partial charge is 0.294 e. The van der Waals surface area contributed by atoms with Gasteiger partial charge in [0, 0.05) is 5.56 Å². The average Bonchev–Trinajstić information content (AvgIpc) is 2.09. The lowest BCUT2D eigenvalue weighted by molar-refractivity contribution is 0.101. The lowest BCUT2D eigenvalue weighted by Crippen LogP contribution is -1.92. The first-order chi connectivity index (χ1) is 6.07. The van der Waals surface area contributed by atoms with E-state index in [-0.39, 0.29) is 27.1 Å². The first-order valence-electron chi connectivity index (χ1n) is 3.40. The van der Waals surface area contributed by atoms with Crippen molar-refractivity contribution in [2.24, 2.45) is 5.18 Å². The maximum absolute atomic E-state index is 11.0. The molecule has 13 heavy (non-hydrogen) atoms. The number of carbonyl (C=O) groups excluding carboxylic acids is 1. The number of Topliss-reactive ketones (excluding diaryl/α,β-unsaturated/α-hetero) is 1. The molecule has 0 aliphatic heterocycles. The third-order valence-electron chi connectivity index (χ3n) is 1.54. The molecule has 5 heteroatoms. The zero-order chi connectivity index (χ0) is 10.0. The molecule has 0 N–H and O–H groups in total. The van der Waals surface area contributed by atoms with Crippen LogP contribution in [0.15, 0.2) is 17.3 Å². The summed E-state index contributed by atoms with van der Waals surface area (Å²) in [6.45, 7) is 1.33.